The van der Waals surface area contributed by atoms with Gasteiger partial charge in [-0.3, -0.25) is 0 Å². The Morgan fingerprint density at radius 3 is 2.28 bits per heavy atom. The molecule has 0 aliphatic heterocycles. The van der Waals surface area contributed by atoms with Gasteiger partial charge in [0.15, 0.2) is 11.4 Å². The van der Waals surface area contributed by atoms with Crippen LogP contribution in [0.15, 0.2) is 59.1 Å². The highest BCUT2D eigenvalue weighted by Gasteiger charge is 2.28. The Kier molecular flexibility index (Phi) is 6.25. The van der Waals surface area contributed by atoms with E-state index in [9.17, 15) is 4.79 Å². The van der Waals surface area contributed by atoms with Gasteiger partial charge >= 0.3 is 5.97 Å². The molecule has 4 aromatic rings. The maximum atomic E-state index is 12.5. The first kappa shape index (κ1) is 21.6. The molecule has 0 radical (unpaired) electrons. The van der Waals surface area contributed by atoms with Gasteiger partial charge in [-0.2, -0.15) is 0 Å². The molecule has 0 aliphatic carbocycles. The molecule has 0 amide bonds. The largest absolute Gasteiger partial charge is 0.497 e. The standard InChI is InChI=1S/C22H16Cl2N4O4/c1-30-13-8-6-12(7-9-13)16-10-11-17(27-26-16)25-21-19(22(29)31-2)20(28-32-21)18-14(23)4-3-5-15(18)24/h3-11H,1-2H3,(H,25,27). The second kappa shape index (κ2) is 9.25. The molecule has 32 heavy (non-hydrogen) atoms. The third-order valence-electron chi connectivity index (χ3n) is 4.57. The molecular weight excluding hydrogens is 455 g/mol. The van der Waals surface area contributed by atoms with Crippen molar-refractivity contribution >= 4 is 40.9 Å². The van der Waals surface area contributed by atoms with Gasteiger partial charge in [0.1, 0.15) is 11.4 Å². The third-order valence-corrected chi connectivity index (χ3v) is 5.20. The Bertz CT molecular complexity index is 1240. The number of esters is 1. The van der Waals surface area contributed by atoms with Crippen molar-refractivity contribution in [3.8, 4) is 28.3 Å². The van der Waals surface area contributed by atoms with Crippen LogP contribution in [0.25, 0.3) is 22.5 Å². The highest BCUT2D eigenvalue weighted by Crippen LogP contribution is 2.39. The molecule has 1 N–H and O–H groups in total. The average molecular weight is 471 g/mol. The van der Waals surface area contributed by atoms with Gasteiger partial charge in [0.25, 0.3) is 0 Å². The van der Waals surface area contributed by atoms with Crippen molar-refractivity contribution in [2.24, 2.45) is 0 Å². The zero-order valence-electron chi connectivity index (χ0n) is 16.9. The predicted molar refractivity (Wildman–Crippen MR) is 121 cm³/mol. The first-order chi connectivity index (χ1) is 15.5. The van der Waals surface area contributed by atoms with Crippen molar-refractivity contribution in [1.29, 1.82) is 0 Å². The number of aromatic nitrogens is 3. The number of hydrogen-bond acceptors (Lipinski definition) is 8. The van der Waals surface area contributed by atoms with Crippen LogP contribution in [0.1, 0.15) is 10.4 Å². The maximum Gasteiger partial charge on any atom is 0.345 e. The summed E-state index contributed by atoms with van der Waals surface area (Å²) in [5.41, 5.74) is 2.07. The summed E-state index contributed by atoms with van der Waals surface area (Å²) < 4.78 is 15.4. The Hall–Kier alpha value is -3.62. The van der Waals surface area contributed by atoms with Gasteiger partial charge in [0, 0.05) is 11.1 Å². The SMILES string of the molecule is COC(=O)c1c(-c2c(Cl)cccc2Cl)noc1Nc1ccc(-c2ccc(OC)cc2)nn1. The Morgan fingerprint density at radius 2 is 1.69 bits per heavy atom. The number of anilines is 2. The molecule has 162 valence electrons. The van der Waals surface area contributed by atoms with Crippen LogP contribution in [-0.4, -0.2) is 35.5 Å². The summed E-state index contributed by atoms with van der Waals surface area (Å²) >= 11 is 12.6. The Labute approximate surface area is 193 Å². The van der Waals surface area contributed by atoms with Gasteiger partial charge in [-0.1, -0.05) is 34.4 Å². The molecule has 0 bridgehead atoms. The van der Waals surface area contributed by atoms with Crippen molar-refractivity contribution < 1.29 is 18.8 Å². The average Bonchev–Trinajstić information content (AvgIpc) is 3.22. The quantitative estimate of drug-likeness (QED) is 0.361. The van der Waals surface area contributed by atoms with Gasteiger partial charge in [0.2, 0.25) is 5.88 Å². The second-order valence-corrected chi connectivity index (χ2v) is 7.30. The highest BCUT2D eigenvalue weighted by molar-refractivity contribution is 6.39. The van der Waals surface area contributed by atoms with Crippen LogP contribution in [0.3, 0.4) is 0 Å². The molecule has 0 aliphatic rings. The van der Waals surface area contributed by atoms with Crippen molar-refractivity contribution in [3.05, 3.63) is 70.2 Å². The van der Waals surface area contributed by atoms with Crippen LogP contribution in [0.4, 0.5) is 11.7 Å². The molecule has 0 unspecified atom stereocenters. The summed E-state index contributed by atoms with van der Waals surface area (Å²) in [5.74, 6) is 0.423. The number of carbonyl (C=O) groups is 1. The molecule has 8 nitrogen and oxygen atoms in total. The summed E-state index contributed by atoms with van der Waals surface area (Å²) in [4.78, 5) is 12.5. The topological polar surface area (TPSA) is 99.4 Å². The van der Waals surface area contributed by atoms with Crippen LogP contribution >= 0.6 is 23.2 Å². The minimum Gasteiger partial charge on any atom is -0.497 e. The van der Waals surface area contributed by atoms with Gasteiger partial charge in [0.05, 0.1) is 30.0 Å². The third kappa shape index (κ3) is 4.23. The summed E-state index contributed by atoms with van der Waals surface area (Å²) in [5, 5.41) is 15.9. The Morgan fingerprint density at radius 1 is 0.969 bits per heavy atom. The number of benzene rings is 2. The van der Waals surface area contributed by atoms with E-state index in [-0.39, 0.29) is 17.1 Å². The van der Waals surface area contributed by atoms with E-state index in [1.807, 2.05) is 24.3 Å². The van der Waals surface area contributed by atoms with E-state index in [0.29, 0.717) is 27.1 Å². The second-order valence-electron chi connectivity index (χ2n) is 6.48. The van der Waals surface area contributed by atoms with Gasteiger partial charge in [-0.15, -0.1) is 10.2 Å². The van der Waals surface area contributed by atoms with E-state index in [2.05, 4.69) is 20.7 Å². The lowest BCUT2D eigenvalue weighted by Crippen LogP contribution is -2.06. The van der Waals surface area contributed by atoms with Crippen LogP contribution in [-0.2, 0) is 4.74 Å². The normalized spacial score (nSPS) is 10.6. The molecule has 0 fully saturated rings. The van der Waals surface area contributed by atoms with Crippen LogP contribution < -0.4 is 10.1 Å². The molecule has 0 spiro atoms. The number of methoxy groups -OCH3 is 2. The molecule has 4 rings (SSSR count). The summed E-state index contributed by atoms with van der Waals surface area (Å²) in [6.07, 6.45) is 0. The molecular formula is C22H16Cl2N4O4. The van der Waals surface area contributed by atoms with Crippen LogP contribution in [0.2, 0.25) is 10.0 Å². The zero-order valence-corrected chi connectivity index (χ0v) is 18.4. The van der Waals surface area contributed by atoms with Crippen molar-refractivity contribution in [2.45, 2.75) is 0 Å². The minimum atomic E-state index is -0.678. The number of nitrogens with zero attached hydrogens (tertiary/aromatic N) is 3. The number of carbonyl (C=O) groups excluding carboxylic acids is 1. The van der Waals surface area contributed by atoms with E-state index in [1.54, 1.807) is 37.4 Å². The van der Waals surface area contributed by atoms with E-state index >= 15 is 0 Å². The van der Waals surface area contributed by atoms with Gasteiger partial charge < -0.3 is 19.3 Å². The summed E-state index contributed by atoms with van der Waals surface area (Å²) in [6, 6.07) is 15.8. The van der Waals surface area contributed by atoms with Crippen molar-refractivity contribution in [2.75, 3.05) is 19.5 Å². The fourth-order valence-corrected chi connectivity index (χ4v) is 3.57. The van der Waals surface area contributed by atoms with E-state index in [1.165, 1.54) is 7.11 Å². The maximum absolute atomic E-state index is 12.5. The summed E-state index contributed by atoms with van der Waals surface area (Å²) in [7, 11) is 2.85. The monoisotopic (exact) mass is 470 g/mol. The summed E-state index contributed by atoms with van der Waals surface area (Å²) in [6.45, 7) is 0. The fraction of sp³-hybridized carbons (Fsp3) is 0.0909. The molecule has 0 saturated carbocycles. The fourth-order valence-electron chi connectivity index (χ4n) is 2.99. The molecule has 2 aromatic carbocycles. The lowest BCUT2D eigenvalue weighted by Gasteiger charge is -2.07. The number of nitrogens with one attached hydrogen (secondary N) is 1. The number of rotatable bonds is 6. The molecule has 10 heteroatoms. The first-order valence-electron chi connectivity index (χ1n) is 9.29. The van der Waals surface area contributed by atoms with Crippen molar-refractivity contribution in [3.63, 3.8) is 0 Å². The van der Waals surface area contributed by atoms with E-state index in [4.69, 9.17) is 37.2 Å². The smallest absolute Gasteiger partial charge is 0.345 e. The van der Waals surface area contributed by atoms with E-state index in [0.717, 1.165) is 11.3 Å². The van der Waals surface area contributed by atoms with Gasteiger partial charge in [-0.25, -0.2) is 4.79 Å². The van der Waals surface area contributed by atoms with Crippen LogP contribution in [0.5, 0.6) is 5.75 Å². The van der Waals surface area contributed by atoms with E-state index < -0.39 is 5.97 Å². The number of ether oxygens (including phenoxy) is 2. The zero-order chi connectivity index (χ0) is 22.7. The lowest BCUT2D eigenvalue weighted by atomic mass is 10.1. The minimum absolute atomic E-state index is 0.0225. The lowest BCUT2D eigenvalue weighted by molar-refractivity contribution is 0.0602. The molecule has 0 atom stereocenters. The molecule has 0 saturated heterocycles. The van der Waals surface area contributed by atoms with Gasteiger partial charge in [-0.05, 0) is 48.5 Å². The Balaban J connectivity index is 1.66. The number of halogens is 2. The number of hydrogen-bond donors (Lipinski definition) is 1. The molecule has 2 aromatic heterocycles. The molecule has 2 heterocycles. The predicted octanol–water partition coefficient (Wildman–Crippen LogP) is 5.64. The highest BCUT2D eigenvalue weighted by atomic mass is 35.5. The van der Waals surface area contributed by atoms with Crippen LogP contribution in [0, 0.1) is 0 Å². The first-order valence-corrected chi connectivity index (χ1v) is 10.0. The van der Waals surface area contributed by atoms with Crippen molar-refractivity contribution in [1.82, 2.24) is 15.4 Å².